The highest BCUT2D eigenvalue weighted by atomic mass is 15.5. The molecule has 0 saturated heterocycles. The molecule has 0 bridgehead atoms. The predicted octanol–water partition coefficient (Wildman–Crippen LogP) is 0.731. The number of fused-ring (bicyclic) bond motifs is 1. The molecule has 0 saturated carbocycles. The average Bonchev–Trinajstić information content (AvgIpc) is 2.32. The molecule has 0 radical (unpaired) electrons. The summed E-state index contributed by atoms with van der Waals surface area (Å²) in [6.07, 6.45) is 2.44. The first-order valence-corrected chi connectivity index (χ1v) is 3.81. The topological polar surface area (TPSA) is 27.9 Å². The summed E-state index contributed by atoms with van der Waals surface area (Å²) in [7, 11) is 0. The van der Waals surface area contributed by atoms with Crippen molar-refractivity contribution in [1.82, 2.24) is 5.43 Å². The van der Waals surface area contributed by atoms with E-state index in [1.807, 2.05) is 0 Å². The van der Waals surface area contributed by atoms with Gasteiger partial charge in [-0.25, -0.2) is 4.57 Å². The largest absolute Gasteiger partial charge is 0.294 e. The lowest BCUT2D eigenvalue weighted by atomic mass is 10.3. The second-order valence-electron chi connectivity index (χ2n) is 2.94. The Hall–Kier alpha value is -1.09. The van der Waals surface area contributed by atoms with Gasteiger partial charge in [-0.1, -0.05) is 0 Å². The van der Waals surface area contributed by atoms with E-state index in [1.54, 1.807) is 0 Å². The summed E-state index contributed by atoms with van der Waals surface area (Å²) in [5, 5.41) is 0. The van der Waals surface area contributed by atoms with Gasteiger partial charge in [0, 0.05) is 6.07 Å². The summed E-state index contributed by atoms with van der Waals surface area (Å²) < 4.78 is 2.16. The van der Waals surface area contributed by atoms with E-state index < -0.39 is 0 Å². The molecule has 1 aromatic heterocycles. The van der Waals surface area contributed by atoms with Crippen molar-refractivity contribution in [1.29, 1.82) is 0 Å². The van der Waals surface area contributed by atoms with Crippen molar-refractivity contribution in [3.8, 4) is 0 Å². The molecule has 0 spiro atoms. The molecule has 2 N–H and O–H groups in total. The van der Waals surface area contributed by atoms with Gasteiger partial charge in [-0.15, -0.1) is 5.43 Å². The molecule has 11 heavy (non-hydrogen) atoms. The minimum atomic E-state index is 0.352. The Morgan fingerprint density at radius 1 is 1.55 bits per heavy atom. The first-order chi connectivity index (χ1) is 5.27. The third-order valence-corrected chi connectivity index (χ3v) is 1.97. The highest BCUT2D eigenvalue weighted by molar-refractivity contribution is 5.31. The standard InChI is InChI=1S/C8H11N3/c1-6-3-4-11-7(2)9-10-8(11)5-6/h3-5,7,9H,1-2H3/p+1. The fourth-order valence-electron chi connectivity index (χ4n) is 1.30. The fraction of sp³-hybridized carbons (Fsp3) is 0.375. The average molecular weight is 150 g/mol. The van der Waals surface area contributed by atoms with E-state index >= 15 is 0 Å². The van der Waals surface area contributed by atoms with Crippen molar-refractivity contribution in [3.63, 3.8) is 0 Å². The van der Waals surface area contributed by atoms with Crippen molar-refractivity contribution in [2.45, 2.75) is 20.0 Å². The van der Waals surface area contributed by atoms with Crippen LogP contribution in [0.1, 0.15) is 18.7 Å². The summed E-state index contributed by atoms with van der Waals surface area (Å²) in [5.74, 6) is 1.14. The summed E-state index contributed by atoms with van der Waals surface area (Å²) >= 11 is 0. The number of nitrogens with one attached hydrogen (secondary N) is 2. The first-order valence-electron chi connectivity index (χ1n) is 3.81. The molecular weight excluding hydrogens is 138 g/mol. The van der Waals surface area contributed by atoms with E-state index in [0.717, 1.165) is 5.82 Å². The maximum absolute atomic E-state index is 3.13. The van der Waals surface area contributed by atoms with Crippen molar-refractivity contribution in [2.75, 3.05) is 5.43 Å². The molecule has 1 aliphatic heterocycles. The van der Waals surface area contributed by atoms with E-state index in [0.29, 0.717) is 6.17 Å². The van der Waals surface area contributed by atoms with Crippen LogP contribution in [0.4, 0.5) is 5.82 Å². The van der Waals surface area contributed by atoms with Gasteiger partial charge in [0.15, 0.2) is 6.17 Å². The summed E-state index contributed by atoms with van der Waals surface area (Å²) in [6, 6.07) is 4.23. The highest BCUT2D eigenvalue weighted by Crippen LogP contribution is 2.09. The number of nitrogens with zero attached hydrogens (tertiary/aromatic N) is 1. The van der Waals surface area contributed by atoms with Crippen molar-refractivity contribution in [3.05, 3.63) is 23.9 Å². The molecule has 58 valence electrons. The van der Waals surface area contributed by atoms with Crippen LogP contribution >= 0.6 is 0 Å². The monoisotopic (exact) mass is 150 g/mol. The van der Waals surface area contributed by atoms with Gasteiger partial charge in [-0.3, -0.25) is 0 Å². The van der Waals surface area contributed by atoms with Gasteiger partial charge in [-0.2, -0.15) is 5.43 Å². The van der Waals surface area contributed by atoms with Crippen LogP contribution in [0.3, 0.4) is 0 Å². The van der Waals surface area contributed by atoms with Crippen LogP contribution in [0, 0.1) is 6.92 Å². The lowest BCUT2D eigenvalue weighted by Crippen LogP contribution is -2.37. The molecule has 1 unspecified atom stereocenters. The number of aromatic nitrogens is 1. The van der Waals surface area contributed by atoms with E-state index in [-0.39, 0.29) is 0 Å². The molecular formula is C8H12N3+. The smallest absolute Gasteiger partial charge is 0.214 e. The van der Waals surface area contributed by atoms with Crippen LogP contribution in [0.15, 0.2) is 18.3 Å². The lowest BCUT2D eigenvalue weighted by molar-refractivity contribution is -0.699. The van der Waals surface area contributed by atoms with Gasteiger partial charge in [0.2, 0.25) is 0 Å². The van der Waals surface area contributed by atoms with Gasteiger partial charge in [-0.05, 0) is 25.5 Å². The molecule has 1 atom stereocenters. The zero-order valence-electron chi connectivity index (χ0n) is 6.76. The molecule has 3 heteroatoms. The number of pyridine rings is 1. The molecule has 1 aromatic rings. The van der Waals surface area contributed by atoms with E-state index in [9.17, 15) is 0 Å². The molecule has 3 nitrogen and oxygen atoms in total. The number of rotatable bonds is 0. The Bertz CT molecular complexity index is 283. The normalized spacial score (nSPS) is 21.1. The maximum atomic E-state index is 3.13. The maximum Gasteiger partial charge on any atom is 0.294 e. The Labute approximate surface area is 66.0 Å². The predicted molar refractivity (Wildman–Crippen MR) is 42.8 cm³/mol. The number of hydrazine groups is 1. The van der Waals surface area contributed by atoms with Crippen molar-refractivity contribution in [2.24, 2.45) is 0 Å². The molecule has 0 aliphatic carbocycles. The fourth-order valence-corrected chi connectivity index (χ4v) is 1.30. The van der Waals surface area contributed by atoms with Crippen LogP contribution in [0.25, 0.3) is 0 Å². The molecule has 0 aromatic carbocycles. The van der Waals surface area contributed by atoms with Crippen molar-refractivity contribution < 1.29 is 4.57 Å². The summed E-state index contributed by atoms with van der Waals surface area (Å²) in [4.78, 5) is 0. The Morgan fingerprint density at radius 2 is 2.36 bits per heavy atom. The molecule has 0 fully saturated rings. The summed E-state index contributed by atoms with van der Waals surface area (Å²) in [5.41, 5.74) is 7.51. The number of hydrogen-bond donors (Lipinski definition) is 2. The van der Waals surface area contributed by atoms with Crippen LogP contribution in [0.5, 0.6) is 0 Å². The number of anilines is 1. The molecule has 0 amide bonds. The zero-order chi connectivity index (χ0) is 7.84. The van der Waals surface area contributed by atoms with Crippen molar-refractivity contribution >= 4 is 5.82 Å². The van der Waals surface area contributed by atoms with Crippen LogP contribution < -0.4 is 15.4 Å². The van der Waals surface area contributed by atoms with Crippen LogP contribution in [-0.2, 0) is 0 Å². The van der Waals surface area contributed by atoms with Crippen LogP contribution in [-0.4, -0.2) is 0 Å². The molecule has 1 aliphatic rings. The third-order valence-electron chi connectivity index (χ3n) is 1.97. The zero-order valence-corrected chi connectivity index (χ0v) is 6.76. The number of aryl methyl sites for hydroxylation is 1. The van der Waals surface area contributed by atoms with Gasteiger partial charge in [0.05, 0.1) is 6.20 Å². The second kappa shape index (κ2) is 2.20. The number of hydrogen-bond acceptors (Lipinski definition) is 2. The lowest BCUT2D eigenvalue weighted by Gasteiger charge is -1.98. The van der Waals surface area contributed by atoms with Gasteiger partial charge >= 0.3 is 0 Å². The van der Waals surface area contributed by atoms with E-state index in [1.165, 1.54) is 5.56 Å². The Balaban J connectivity index is 2.50. The Kier molecular flexibility index (Phi) is 1.32. The first kappa shape index (κ1) is 6.61. The quantitative estimate of drug-likeness (QED) is 0.534. The Morgan fingerprint density at radius 3 is 3.18 bits per heavy atom. The van der Waals surface area contributed by atoms with Gasteiger partial charge in [0.25, 0.3) is 5.82 Å². The highest BCUT2D eigenvalue weighted by Gasteiger charge is 2.23. The minimum Gasteiger partial charge on any atom is -0.214 e. The van der Waals surface area contributed by atoms with Gasteiger partial charge in [0.1, 0.15) is 0 Å². The molecule has 2 rings (SSSR count). The van der Waals surface area contributed by atoms with Gasteiger partial charge < -0.3 is 0 Å². The molecule has 2 heterocycles. The van der Waals surface area contributed by atoms with Crippen LogP contribution in [0.2, 0.25) is 0 Å². The SMILES string of the molecule is Cc1cc[n+]2c(c1)NNC2C. The minimum absolute atomic E-state index is 0.352. The third kappa shape index (κ3) is 0.973. The summed E-state index contributed by atoms with van der Waals surface area (Å²) in [6.45, 7) is 4.20. The second-order valence-corrected chi connectivity index (χ2v) is 2.94. The van der Waals surface area contributed by atoms with E-state index in [4.69, 9.17) is 0 Å². The van der Waals surface area contributed by atoms with E-state index in [2.05, 4.69) is 47.6 Å².